The highest BCUT2D eigenvalue weighted by molar-refractivity contribution is 5.45. The van der Waals surface area contributed by atoms with Crippen molar-refractivity contribution in [2.75, 3.05) is 16.8 Å². The highest BCUT2D eigenvalue weighted by atomic mass is 19.1. The van der Waals surface area contributed by atoms with Crippen molar-refractivity contribution in [2.45, 2.75) is 39.8 Å². The molecule has 0 aliphatic carbocycles. The SMILES string of the molecule is Cc1cc(NCCc2ccc(F)cc2)nc(N(Cc2ccccc2)C(C)C)n1. The summed E-state index contributed by atoms with van der Waals surface area (Å²) in [6, 6.07) is 19.2. The molecule has 5 heteroatoms. The molecule has 0 atom stereocenters. The molecular formula is C23H27FN4. The van der Waals surface area contributed by atoms with E-state index >= 15 is 0 Å². The summed E-state index contributed by atoms with van der Waals surface area (Å²) in [7, 11) is 0. The van der Waals surface area contributed by atoms with Crippen molar-refractivity contribution >= 4 is 11.8 Å². The Morgan fingerprint density at radius 2 is 1.68 bits per heavy atom. The van der Waals surface area contributed by atoms with Gasteiger partial charge in [-0.05, 0) is 50.5 Å². The van der Waals surface area contributed by atoms with Gasteiger partial charge in [0, 0.05) is 30.9 Å². The van der Waals surface area contributed by atoms with E-state index in [4.69, 9.17) is 4.98 Å². The molecular weight excluding hydrogens is 351 g/mol. The van der Waals surface area contributed by atoms with Gasteiger partial charge < -0.3 is 10.2 Å². The van der Waals surface area contributed by atoms with Gasteiger partial charge in [-0.3, -0.25) is 0 Å². The minimum Gasteiger partial charge on any atom is -0.370 e. The lowest BCUT2D eigenvalue weighted by atomic mass is 10.1. The summed E-state index contributed by atoms with van der Waals surface area (Å²) < 4.78 is 13.0. The van der Waals surface area contributed by atoms with Crippen molar-refractivity contribution in [2.24, 2.45) is 0 Å². The fraction of sp³-hybridized carbons (Fsp3) is 0.304. The molecule has 0 radical (unpaired) electrons. The van der Waals surface area contributed by atoms with E-state index in [0.29, 0.717) is 0 Å². The summed E-state index contributed by atoms with van der Waals surface area (Å²) in [5.74, 6) is 1.33. The van der Waals surface area contributed by atoms with Gasteiger partial charge in [0.05, 0.1) is 0 Å². The molecule has 0 saturated heterocycles. The molecule has 3 rings (SSSR count). The van der Waals surface area contributed by atoms with E-state index in [1.807, 2.05) is 43.3 Å². The minimum absolute atomic E-state index is 0.208. The summed E-state index contributed by atoms with van der Waals surface area (Å²) >= 11 is 0. The highest BCUT2D eigenvalue weighted by Crippen LogP contribution is 2.19. The first-order valence-corrected chi connectivity index (χ1v) is 9.66. The van der Waals surface area contributed by atoms with Crippen LogP contribution < -0.4 is 10.2 Å². The van der Waals surface area contributed by atoms with E-state index in [1.165, 1.54) is 17.7 Å². The maximum absolute atomic E-state index is 13.0. The molecule has 146 valence electrons. The maximum Gasteiger partial charge on any atom is 0.228 e. The predicted octanol–water partition coefficient (Wildman–Crippen LogP) is 4.99. The van der Waals surface area contributed by atoms with Crippen LogP contribution >= 0.6 is 0 Å². The Labute approximate surface area is 166 Å². The smallest absolute Gasteiger partial charge is 0.228 e. The summed E-state index contributed by atoms with van der Waals surface area (Å²) in [6.45, 7) is 7.77. The molecule has 0 bridgehead atoms. The van der Waals surface area contributed by atoms with Crippen LogP contribution in [0.4, 0.5) is 16.2 Å². The lowest BCUT2D eigenvalue weighted by molar-refractivity contribution is 0.627. The Morgan fingerprint density at radius 3 is 2.36 bits per heavy atom. The van der Waals surface area contributed by atoms with Crippen molar-refractivity contribution < 1.29 is 4.39 Å². The topological polar surface area (TPSA) is 41.1 Å². The number of nitrogens with one attached hydrogen (secondary N) is 1. The Hall–Kier alpha value is -2.95. The Balaban J connectivity index is 1.70. The second-order valence-corrected chi connectivity index (χ2v) is 7.21. The molecule has 0 aliphatic rings. The summed E-state index contributed by atoms with van der Waals surface area (Å²) in [6.07, 6.45) is 0.802. The predicted molar refractivity (Wildman–Crippen MR) is 113 cm³/mol. The van der Waals surface area contributed by atoms with Gasteiger partial charge in [0.25, 0.3) is 0 Å². The maximum atomic E-state index is 13.0. The van der Waals surface area contributed by atoms with Crippen molar-refractivity contribution in [3.8, 4) is 0 Å². The third kappa shape index (κ3) is 5.52. The standard InChI is InChI=1S/C23H27FN4/c1-17(2)28(16-20-7-5-4-6-8-20)23-26-18(3)15-22(27-23)25-14-13-19-9-11-21(24)12-10-19/h4-12,15,17H,13-14,16H2,1-3H3,(H,25,26,27). The summed E-state index contributed by atoms with van der Waals surface area (Å²) in [4.78, 5) is 11.6. The molecule has 1 N–H and O–H groups in total. The largest absolute Gasteiger partial charge is 0.370 e. The summed E-state index contributed by atoms with van der Waals surface area (Å²) in [5, 5.41) is 3.38. The first kappa shape index (κ1) is 19.8. The molecule has 1 heterocycles. The van der Waals surface area contributed by atoms with Gasteiger partial charge >= 0.3 is 0 Å². The molecule has 2 aromatic carbocycles. The number of hydrogen-bond acceptors (Lipinski definition) is 4. The van der Waals surface area contributed by atoms with E-state index < -0.39 is 0 Å². The number of benzene rings is 2. The van der Waals surface area contributed by atoms with Crippen LogP contribution in [0.3, 0.4) is 0 Å². The second-order valence-electron chi connectivity index (χ2n) is 7.21. The zero-order valence-corrected chi connectivity index (χ0v) is 16.7. The van der Waals surface area contributed by atoms with Gasteiger partial charge in [-0.1, -0.05) is 42.5 Å². The monoisotopic (exact) mass is 378 g/mol. The van der Waals surface area contributed by atoms with E-state index in [1.54, 1.807) is 0 Å². The van der Waals surface area contributed by atoms with Crippen LogP contribution in [0, 0.1) is 12.7 Å². The van der Waals surface area contributed by atoms with E-state index in [2.05, 4.69) is 41.2 Å². The molecule has 4 nitrogen and oxygen atoms in total. The highest BCUT2D eigenvalue weighted by Gasteiger charge is 2.15. The molecule has 0 amide bonds. The lowest BCUT2D eigenvalue weighted by Crippen LogP contribution is -2.32. The molecule has 3 aromatic rings. The number of nitrogens with zero attached hydrogens (tertiary/aromatic N) is 3. The van der Waals surface area contributed by atoms with E-state index in [0.717, 1.165) is 42.5 Å². The quantitative estimate of drug-likeness (QED) is 0.599. The van der Waals surface area contributed by atoms with E-state index in [-0.39, 0.29) is 11.9 Å². The van der Waals surface area contributed by atoms with Gasteiger partial charge in [-0.15, -0.1) is 0 Å². The second kappa shape index (κ2) is 9.31. The fourth-order valence-corrected chi connectivity index (χ4v) is 3.02. The molecule has 1 aromatic heterocycles. The molecule has 0 fully saturated rings. The molecule has 0 saturated carbocycles. The van der Waals surface area contributed by atoms with Crippen LogP contribution in [0.5, 0.6) is 0 Å². The third-order valence-electron chi connectivity index (χ3n) is 4.55. The van der Waals surface area contributed by atoms with Crippen LogP contribution in [0.25, 0.3) is 0 Å². The lowest BCUT2D eigenvalue weighted by Gasteiger charge is -2.27. The number of rotatable bonds is 8. The van der Waals surface area contributed by atoms with Gasteiger partial charge in [0.15, 0.2) is 0 Å². The normalized spacial score (nSPS) is 10.9. The average molecular weight is 378 g/mol. The minimum atomic E-state index is -0.208. The van der Waals surface area contributed by atoms with Crippen molar-refractivity contribution in [1.29, 1.82) is 0 Å². The van der Waals surface area contributed by atoms with Crippen LogP contribution in [0.1, 0.15) is 30.7 Å². The zero-order chi connectivity index (χ0) is 19.9. The van der Waals surface area contributed by atoms with Crippen LogP contribution in [0.2, 0.25) is 0 Å². The first-order valence-electron chi connectivity index (χ1n) is 9.66. The Bertz CT molecular complexity index is 879. The average Bonchev–Trinajstić information content (AvgIpc) is 2.68. The number of halogens is 1. The van der Waals surface area contributed by atoms with Gasteiger partial charge in [-0.2, -0.15) is 4.98 Å². The first-order chi connectivity index (χ1) is 13.5. The van der Waals surface area contributed by atoms with E-state index in [9.17, 15) is 4.39 Å². The van der Waals surface area contributed by atoms with Gasteiger partial charge in [-0.25, -0.2) is 9.37 Å². The summed E-state index contributed by atoms with van der Waals surface area (Å²) in [5.41, 5.74) is 3.24. The fourth-order valence-electron chi connectivity index (χ4n) is 3.02. The van der Waals surface area contributed by atoms with Crippen LogP contribution in [-0.2, 0) is 13.0 Å². The Morgan fingerprint density at radius 1 is 0.964 bits per heavy atom. The van der Waals surface area contributed by atoms with Crippen LogP contribution in [-0.4, -0.2) is 22.6 Å². The number of aromatic nitrogens is 2. The molecule has 28 heavy (non-hydrogen) atoms. The number of anilines is 2. The van der Waals surface area contributed by atoms with Gasteiger partial charge in [0.2, 0.25) is 5.95 Å². The Kier molecular flexibility index (Phi) is 6.58. The molecule has 0 spiro atoms. The third-order valence-corrected chi connectivity index (χ3v) is 4.55. The molecule has 0 unspecified atom stereocenters. The van der Waals surface area contributed by atoms with Crippen molar-refractivity contribution in [3.05, 3.63) is 83.3 Å². The van der Waals surface area contributed by atoms with Crippen LogP contribution in [0.15, 0.2) is 60.7 Å². The number of aryl methyl sites for hydroxylation is 1. The van der Waals surface area contributed by atoms with Crippen molar-refractivity contribution in [3.63, 3.8) is 0 Å². The molecule has 0 aliphatic heterocycles. The zero-order valence-electron chi connectivity index (χ0n) is 16.7. The number of hydrogen-bond donors (Lipinski definition) is 1. The van der Waals surface area contributed by atoms with Crippen molar-refractivity contribution in [1.82, 2.24) is 9.97 Å². The van der Waals surface area contributed by atoms with Gasteiger partial charge in [0.1, 0.15) is 11.6 Å².